The van der Waals surface area contributed by atoms with Gasteiger partial charge in [-0.25, -0.2) is 9.97 Å². The van der Waals surface area contributed by atoms with Crippen molar-refractivity contribution in [1.29, 1.82) is 0 Å². The number of aromatic amines is 1. The van der Waals surface area contributed by atoms with Gasteiger partial charge in [0.05, 0.1) is 17.4 Å². The molecular weight excluding hydrogens is 248 g/mol. The summed E-state index contributed by atoms with van der Waals surface area (Å²) in [4.78, 5) is 25.0. The van der Waals surface area contributed by atoms with E-state index in [9.17, 15) is 4.79 Å². The fourth-order valence-electron chi connectivity index (χ4n) is 1.73. The quantitative estimate of drug-likeness (QED) is 0.767. The lowest BCUT2D eigenvalue weighted by atomic mass is 10.2. The van der Waals surface area contributed by atoms with Crippen LogP contribution in [0.15, 0.2) is 36.1 Å². The Morgan fingerprint density at radius 1 is 1.39 bits per heavy atom. The third-order valence-electron chi connectivity index (χ3n) is 2.68. The Balaban J connectivity index is 1.96. The van der Waals surface area contributed by atoms with E-state index in [1.54, 1.807) is 36.6 Å². The largest absolute Gasteiger partial charge is 0.345 e. The number of anilines is 1. The van der Waals surface area contributed by atoms with Gasteiger partial charge in [0.2, 0.25) is 0 Å². The highest BCUT2D eigenvalue weighted by Gasteiger charge is 2.15. The molecule has 3 rings (SSSR count). The summed E-state index contributed by atoms with van der Waals surface area (Å²) >= 11 is 1.43. The molecule has 0 aliphatic rings. The molecule has 0 saturated carbocycles. The fraction of sp³-hybridized carbons (Fsp3) is 0.0833. The average Bonchev–Trinajstić information content (AvgIpc) is 3.06. The molecular formula is C12H10N4OS. The highest BCUT2D eigenvalue weighted by atomic mass is 32.1. The van der Waals surface area contributed by atoms with Gasteiger partial charge in [0.25, 0.3) is 5.91 Å². The number of carbonyl (C=O) groups excluding carboxylic acids is 1. The number of thiazole rings is 1. The molecule has 0 fully saturated rings. The van der Waals surface area contributed by atoms with E-state index in [0.29, 0.717) is 10.7 Å². The van der Waals surface area contributed by atoms with Crippen molar-refractivity contribution in [2.45, 2.75) is 0 Å². The molecule has 90 valence electrons. The fourth-order valence-corrected chi connectivity index (χ4v) is 2.34. The summed E-state index contributed by atoms with van der Waals surface area (Å²) in [6.45, 7) is 0. The van der Waals surface area contributed by atoms with Crippen LogP contribution in [0, 0.1) is 0 Å². The molecule has 0 spiro atoms. The molecule has 2 aromatic heterocycles. The summed E-state index contributed by atoms with van der Waals surface area (Å²) in [5.74, 6) is -0.0820. The smallest absolute Gasteiger partial charge is 0.259 e. The molecule has 0 unspecified atom stereocenters. The second kappa shape index (κ2) is 4.23. The zero-order chi connectivity index (χ0) is 12.5. The van der Waals surface area contributed by atoms with Gasteiger partial charge in [-0.15, -0.1) is 11.3 Å². The number of rotatable bonds is 2. The van der Waals surface area contributed by atoms with Crippen molar-refractivity contribution in [1.82, 2.24) is 15.0 Å². The molecule has 5 nitrogen and oxygen atoms in total. The number of hydrogen-bond donors (Lipinski definition) is 1. The predicted molar refractivity (Wildman–Crippen MR) is 70.9 cm³/mol. The van der Waals surface area contributed by atoms with Crippen LogP contribution in [0.5, 0.6) is 0 Å². The number of fused-ring (bicyclic) bond motifs is 1. The van der Waals surface area contributed by atoms with Gasteiger partial charge in [-0.1, -0.05) is 0 Å². The summed E-state index contributed by atoms with van der Waals surface area (Å²) in [5, 5.41) is 2.53. The number of nitrogens with zero attached hydrogens (tertiary/aromatic N) is 3. The number of H-pyrrole nitrogens is 1. The van der Waals surface area contributed by atoms with Crippen molar-refractivity contribution in [2.75, 3.05) is 11.9 Å². The number of benzene rings is 1. The first-order chi connectivity index (χ1) is 8.75. The Morgan fingerprint density at radius 3 is 3.06 bits per heavy atom. The van der Waals surface area contributed by atoms with Crippen molar-refractivity contribution in [3.8, 4) is 0 Å². The van der Waals surface area contributed by atoms with E-state index in [4.69, 9.17) is 0 Å². The van der Waals surface area contributed by atoms with Crippen molar-refractivity contribution in [3.63, 3.8) is 0 Å². The van der Waals surface area contributed by atoms with Gasteiger partial charge >= 0.3 is 0 Å². The van der Waals surface area contributed by atoms with Crippen molar-refractivity contribution in [3.05, 3.63) is 41.7 Å². The lowest BCUT2D eigenvalue weighted by molar-refractivity contribution is 0.0993. The number of aromatic nitrogens is 3. The topological polar surface area (TPSA) is 61.9 Å². The van der Waals surface area contributed by atoms with Crippen LogP contribution in [0.25, 0.3) is 11.0 Å². The van der Waals surface area contributed by atoms with Gasteiger partial charge in [-0.3, -0.25) is 9.69 Å². The number of imidazole rings is 1. The van der Waals surface area contributed by atoms with E-state index in [1.807, 2.05) is 11.4 Å². The first-order valence-corrected chi connectivity index (χ1v) is 6.24. The highest BCUT2D eigenvalue weighted by Crippen LogP contribution is 2.19. The molecule has 0 atom stereocenters. The van der Waals surface area contributed by atoms with Crippen molar-refractivity contribution >= 4 is 33.4 Å². The summed E-state index contributed by atoms with van der Waals surface area (Å²) in [5.41, 5.74) is 2.32. The summed E-state index contributed by atoms with van der Waals surface area (Å²) in [6.07, 6.45) is 3.30. The molecule has 3 aromatic rings. The monoisotopic (exact) mass is 258 g/mol. The second-order valence-corrected chi connectivity index (χ2v) is 4.69. The average molecular weight is 258 g/mol. The van der Waals surface area contributed by atoms with Crippen molar-refractivity contribution < 1.29 is 4.79 Å². The second-order valence-electron chi connectivity index (χ2n) is 3.81. The van der Waals surface area contributed by atoms with Gasteiger partial charge in [0.1, 0.15) is 0 Å². The van der Waals surface area contributed by atoms with Gasteiger partial charge in [-0.2, -0.15) is 0 Å². The molecule has 0 saturated heterocycles. The van der Waals surface area contributed by atoms with E-state index in [1.165, 1.54) is 11.3 Å². The number of hydrogen-bond acceptors (Lipinski definition) is 4. The van der Waals surface area contributed by atoms with Crippen LogP contribution in [0.1, 0.15) is 10.4 Å². The van der Waals surface area contributed by atoms with E-state index in [-0.39, 0.29) is 5.91 Å². The Labute approximate surface area is 107 Å². The Hall–Kier alpha value is -2.21. The van der Waals surface area contributed by atoms with Crippen LogP contribution < -0.4 is 4.90 Å². The Bertz CT molecular complexity index is 689. The summed E-state index contributed by atoms with van der Waals surface area (Å²) in [6, 6.07) is 5.40. The molecule has 0 radical (unpaired) electrons. The summed E-state index contributed by atoms with van der Waals surface area (Å²) in [7, 11) is 1.72. The minimum atomic E-state index is -0.0820. The minimum Gasteiger partial charge on any atom is -0.345 e. The first kappa shape index (κ1) is 10.9. The molecule has 1 N–H and O–H groups in total. The maximum Gasteiger partial charge on any atom is 0.259 e. The maximum atomic E-state index is 12.3. The molecule has 1 amide bonds. The zero-order valence-electron chi connectivity index (χ0n) is 9.62. The molecule has 18 heavy (non-hydrogen) atoms. The van der Waals surface area contributed by atoms with E-state index < -0.39 is 0 Å². The Kier molecular flexibility index (Phi) is 2.56. The zero-order valence-corrected chi connectivity index (χ0v) is 10.4. The van der Waals surface area contributed by atoms with E-state index in [2.05, 4.69) is 15.0 Å². The molecule has 2 heterocycles. The standard InChI is InChI=1S/C12H10N4OS/c1-16(12-13-4-5-18-12)11(17)8-2-3-9-10(6-8)15-7-14-9/h2-7H,1H3,(H,14,15). The van der Waals surface area contributed by atoms with Gasteiger partial charge in [0.15, 0.2) is 5.13 Å². The lowest BCUT2D eigenvalue weighted by Crippen LogP contribution is -2.25. The number of nitrogens with one attached hydrogen (secondary N) is 1. The minimum absolute atomic E-state index is 0.0820. The molecule has 6 heteroatoms. The number of carbonyl (C=O) groups is 1. The summed E-state index contributed by atoms with van der Waals surface area (Å²) < 4.78 is 0. The molecule has 1 aromatic carbocycles. The van der Waals surface area contributed by atoms with Gasteiger partial charge < -0.3 is 4.98 Å². The van der Waals surface area contributed by atoms with Crippen LogP contribution in [0.2, 0.25) is 0 Å². The van der Waals surface area contributed by atoms with E-state index >= 15 is 0 Å². The van der Waals surface area contributed by atoms with Crippen LogP contribution >= 0.6 is 11.3 Å². The van der Waals surface area contributed by atoms with Crippen LogP contribution in [-0.4, -0.2) is 27.9 Å². The third kappa shape index (κ3) is 1.76. The van der Waals surface area contributed by atoms with Crippen molar-refractivity contribution in [2.24, 2.45) is 0 Å². The van der Waals surface area contributed by atoms with Gasteiger partial charge in [-0.05, 0) is 18.2 Å². The van der Waals surface area contributed by atoms with Crippen LogP contribution in [0.4, 0.5) is 5.13 Å². The molecule has 0 bridgehead atoms. The molecule has 0 aliphatic carbocycles. The number of amides is 1. The lowest BCUT2D eigenvalue weighted by Gasteiger charge is -2.13. The SMILES string of the molecule is CN(C(=O)c1ccc2nc[nH]c2c1)c1nccs1. The van der Waals surface area contributed by atoms with Crippen LogP contribution in [-0.2, 0) is 0 Å². The molecule has 0 aliphatic heterocycles. The normalized spacial score (nSPS) is 10.7. The first-order valence-electron chi connectivity index (χ1n) is 5.36. The van der Waals surface area contributed by atoms with Gasteiger partial charge in [0, 0.05) is 24.2 Å². The van der Waals surface area contributed by atoms with Crippen LogP contribution in [0.3, 0.4) is 0 Å². The maximum absolute atomic E-state index is 12.3. The third-order valence-corrected chi connectivity index (χ3v) is 3.53. The Morgan fingerprint density at radius 2 is 2.28 bits per heavy atom. The van der Waals surface area contributed by atoms with E-state index in [0.717, 1.165) is 11.0 Å². The predicted octanol–water partition coefficient (Wildman–Crippen LogP) is 2.30. The highest BCUT2D eigenvalue weighted by molar-refractivity contribution is 7.13.